The number of nitrogens with one attached hydrogen (secondary N) is 1. The van der Waals surface area contributed by atoms with E-state index >= 15 is 0 Å². The molecule has 0 aromatic carbocycles. The van der Waals surface area contributed by atoms with Crippen LogP contribution in [0.4, 0.5) is 0 Å². The van der Waals surface area contributed by atoms with Crippen molar-refractivity contribution in [3.63, 3.8) is 0 Å². The molecule has 2 rings (SSSR count). The number of nitrogens with zero attached hydrogens (tertiary/aromatic N) is 1. The molecule has 1 aliphatic heterocycles. The van der Waals surface area contributed by atoms with E-state index in [1.165, 1.54) is 36.6 Å². The molecular weight excluding hydrogens is 268 g/mol. The highest BCUT2D eigenvalue weighted by Crippen LogP contribution is 2.19. The van der Waals surface area contributed by atoms with Crippen molar-refractivity contribution in [1.82, 2.24) is 10.2 Å². The molecule has 1 aromatic rings. The summed E-state index contributed by atoms with van der Waals surface area (Å²) >= 11 is 2.07. The average Bonchev–Trinajstić information content (AvgIpc) is 2.55. The van der Waals surface area contributed by atoms with Crippen molar-refractivity contribution in [1.29, 1.82) is 0 Å². The summed E-state index contributed by atoms with van der Waals surface area (Å²) in [5.41, 5.74) is 1.39. The Labute approximate surface area is 127 Å². The quantitative estimate of drug-likeness (QED) is 0.921. The van der Waals surface area contributed by atoms with Gasteiger partial charge >= 0.3 is 0 Å². The lowest BCUT2D eigenvalue weighted by Gasteiger charge is -2.20. The predicted molar refractivity (Wildman–Crippen MR) is 87.3 cm³/mol. The van der Waals surface area contributed by atoms with Gasteiger partial charge in [0.05, 0.1) is 13.1 Å². The molecule has 0 amide bonds. The largest absolute Gasteiger partial charge is 0.463 e. The molecule has 20 heavy (non-hydrogen) atoms. The van der Waals surface area contributed by atoms with Crippen molar-refractivity contribution in [3.05, 3.63) is 23.2 Å². The van der Waals surface area contributed by atoms with Crippen LogP contribution in [0.3, 0.4) is 0 Å². The van der Waals surface area contributed by atoms with E-state index in [2.05, 4.69) is 55.7 Å². The van der Waals surface area contributed by atoms with E-state index < -0.39 is 0 Å². The van der Waals surface area contributed by atoms with Gasteiger partial charge in [0.15, 0.2) is 0 Å². The lowest BCUT2D eigenvalue weighted by atomic mass is 10.1. The van der Waals surface area contributed by atoms with Crippen LogP contribution in [0, 0.1) is 6.92 Å². The van der Waals surface area contributed by atoms with E-state index in [1.54, 1.807) is 0 Å². The number of aryl methyl sites for hydroxylation is 1. The Bertz CT molecular complexity index is 415. The van der Waals surface area contributed by atoms with Gasteiger partial charge in [-0.3, -0.25) is 4.90 Å². The van der Waals surface area contributed by atoms with Crippen LogP contribution in [0.25, 0.3) is 0 Å². The Balaban J connectivity index is 1.92. The van der Waals surface area contributed by atoms with E-state index in [9.17, 15) is 0 Å². The van der Waals surface area contributed by atoms with Gasteiger partial charge in [-0.05, 0) is 58.0 Å². The van der Waals surface area contributed by atoms with Crippen LogP contribution in [0.5, 0.6) is 0 Å². The van der Waals surface area contributed by atoms with Gasteiger partial charge in [0.25, 0.3) is 0 Å². The van der Waals surface area contributed by atoms with Gasteiger partial charge in [-0.1, -0.05) is 0 Å². The minimum Gasteiger partial charge on any atom is -0.463 e. The summed E-state index contributed by atoms with van der Waals surface area (Å²) in [5.74, 6) is 4.74. The molecule has 0 aliphatic carbocycles. The molecule has 3 nitrogen and oxygen atoms in total. The van der Waals surface area contributed by atoms with Crippen LogP contribution in [-0.2, 0) is 13.1 Å². The summed E-state index contributed by atoms with van der Waals surface area (Å²) in [5, 5.41) is 3.50. The molecule has 1 N–H and O–H groups in total. The Hall–Kier alpha value is -0.450. The molecule has 1 fully saturated rings. The maximum atomic E-state index is 6.04. The van der Waals surface area contributed by atoms with Gasteiger partial charge < -0.3 is 9.73 Å². The Kier molecular flexibility index (Phi) is 5.58. The van der Waals surface area contributed by atoms with Gasteiger partial charge in [-0.15, -0.1) is 0 Å². The summed E-state index contributed by atoms with van der Waals surface area (Å²) in [6.45, 7) is 12.8. The van der Waals surface area contributed by atoms with Crippen LogP contribution in [0.15, 0.2) is 10.5 Å². The van der Waals surface area contributed by atoms with Crippen LogP contribution < -0.4 is 5.32 Å². The van der Waals surface area contributed by atoms with Gasteiger partial charge in [0.2, 0.25) is 0 Å². The third-order valence-corrected chi connectivity index (χ3v) is 4.59. The normalized spacial score (nSPS) is 18.2. The maximum Gasteiger partial charge on any atom is 0.120 e. The molecule has 0 radical (unpaired) electrons. The molecule has 0 atom stereocenters. The monoisotopic (exact) mass is 296 g/mol. The zero-order valence-electron chi connectivity index (χ0n) is 13.3. The standard InChI is InChI=1S/C16H28N2OS/c1-13-10-14(12-18-6-5-8-20-9-7-18)19-15(13)11-17-16(2,3)4/h10,17H,5-9,11-12H2,1-4H3. The second-order valence-corrected chi connectivity index (χ2v) is 7.89. The lowest BCUT2D eigenvalue weighted by Crippen LogP contribution is -2.35. The highest BCUT2D eigenvalue weighted by molar-refractivity contribution is 7.99. The molecule has 0 saturated carbocycles. The van der Waals surface area contributed by atoms with E-state index in [0.29, 0.717) is 0 Å². The molecule has 0 bridgehead atoms. The van der Waals surface area contributed by atoms with Gasteiger partial charge in [-0.25, -0.2) is 0 Å². The highest BCUT2D eigenvalue weighted by Gasteiger charge is 2.15. The summed E-state index contributed by atoms with van der Waals surface area (Å²) in [4.78, 5) is 2.51. The first-order valence-electron chi connectivity index (χ1n) is 7.57. The summed E-state index contributed by atoms with van der Waals surface area (Å²) < 4.78 is 6.04. The first-order valence-corrected chi connectivity index (χ1v) is 8.73. The number of hydrogen-bond acceptors (Lipinski definition) is 4. The van der Waals surface area contributed by atoms with E-state index in [1.807, 2.05) is 0 Å². The molecule has 114 valence electrons. The molecule has 0 spiro atoms. The first kappa shape index (κ1) is 15.9. The average molecular weight is 296 g/mol. The van der Waals surface area contributed by atoms with E-state index in [0.717, 1.165) is 24.6 Å². The Morgan fingerprint density at radius 1 is 1.30 bits per heavy atom. The van der Waals surface area contributed by atoms with E-state index in [4.69, 9.17) is 4.42 Å². The maximum absolute atomic E-state index is 6.04. The number of furan rings is 1. The zero-order chi connectivity index (χ0) is 14.6. The van der Waals surface area contributed by atoms with Crippen LogP contribution in [0.1, 0.15) is 44.3 Å². The molecular formula is C16H28N2OS. The second-order valence-electron chi connectivity index (χ2n) is 6.66. The minimum absolute atomic E-state index is 0.126. The second kappa shape index (κ2) is 7.01. The molecule has 2 heterocycles. The molecule has 1 aromatic heterocycles. The van der Waals surface area contributed by atoms with Crippen molar-refractivity contribution < 1.29 is 4.42 Å². The fourth-order valence-electron chi connectivity index (χ4n) is 2.37. The van der Waals surface area contributed by atoms with Crippen LogP contribution in [0.2, 0.25) is 0 Å². The molecule has 4 heteroatoms. The van der Waals surface area contributed by atoms with Crippen molar-refractivity contribution in [2.45, 2.75) is 52.7 Å². The van der Waals surface area contributed by atoms with Crippen molar-refractivity contribution >= 4 is 11.8 Å². The minimum atomic E-state index is 0.126. The van der Waals surface area contributed by atoms with Crippen LogP contribution >= 0.6 is 11.8 Å². The number of hydrogen-bond donors (Lipinski definition) is 1. The fraction of sp³-hybridized carbons (Fsp3) is 0.750. The summed E-state index contributed by atoms with van der Waals surface area (Å²) in [7, 11) is 0. The van der Waals surface area contributed by atoms with Crippen molar-refractivity contribution in [2.75, 3.05) is 24.6 Å². The third kappa shape index (κ3) is 5.15. The fourth-order valence-corrected chi connectivity index (χ4v) is 3.29. The smallest absolute Gasteiger partial charge is 0.120 e. The zero-order valence-corrected chi connectivity index (χ0v) is 14.1. The lowest BCUT2D eigenvalue weighted by molar-refractivity contribution is 0.257. The summed E-state index contributed by atoms with van der Waals surface area (Å²) in [6.07, 6.45) is 1.29. The van der Waals surface area contributed by atoms with Crippen LogP contribution in [-0.4, -0.2) is 35.0 Å². The summed E-state index contributed by atoms with van der Waals surface area (Å²) in [6, 6.07) is 2.21. The first-order chi connectivity index (χ1) is 9.44. The molecule has 1 aliphatic rings. The van der Waals surface area contributed by atoms with Gasteiger partial charge in [0.1, 0.15) is 11.5 Å². The van der Waals surface area contributed by atoms with E-state index in [-0.39, 0.29) is 5.54 Å². The Morgan fingerprint density at radius 2 is 2.10 bits per heavy atom. The topological polar surface area (TPSA) is 28.4 Å². The number of rotatable bonds is 4. The van der Waals surface area contributed by atoms with Gasteiger partial charge in [0, 0.05) is 17.8 Å². The highest BCUT2D eigenvalue weighted by atomic mass is 32.2. The van der Waals surface area contributed by atoms with Gasteiger partial charge in [-0.2, -0.15) is 11.8 Å². The third-order valence-electron chi connectivity index (χ3n) is 3.55. The molecule has 1 saturated heterocycles. The van der Waals surface area contributed by atoms with Crippen molar-refractivity contribution in [3.8, 4) is 0 Å². The molecule has 0 unspecified atom stereocenters. The Morgan fingerprint density at radius 3 is 2.85 bits per heavy atom. The van der Waals surface area contributed by atoms with Crippen molar-refractivity contribution in [2.24, 2.45) is 0 Å². The number of thioether (sulfide) groups is 1. The SMILES string of the molecule is Cc1cc(CN2CCCSCC2)oc1CNC(C)(C)C. The predicted octanol–water partition coefficient (Wildman–Crippen LogP) is 3.42.